The molecule has 0 fully saturated rings. The van der Waals surface area contributed by atoms with Gasteiger partial charge in [0.25, 0.3) is 0 Å². The van der Waals surface area contributed by atoms with E-state index in [0.29, 0.717) is 0 Å². The molecule has 7 heteroatoms. The molecule has 0 saturated heterocycles. The second-order valence-electron chi connectivity index (χ2n) is 5.62. The minimum absolute atomic E-state index is 0.218. The third-order valence-electron chi connectivity index (χ3n) is 1.43. The summed E-state index contributed by atoms with van der Waals surface area (Å²) in [5, 5.41) is 5.91. The van der Waals surface area contributed by atoms with Crippen molar-refractivity contribution in [1.82, 2.24) is 10.4 Å². The van der Waals surface area contributed by atoms with Gasteiger partial charge in [-0.15, -0.1) is 0 Å². The van der Waals surface area contributed by atoms with E-state index in [4.69, 9.17) is 21.3 Å². The summed E-state index contributed by atoms with van der Waals surface area (Å²) >= 11 is 5.10. The normalized spacial score (nSPS) is 12.9. The van der Waals surface area contributed by atoms with Gasteiger partial charge in [-0.2, -0.15) is 0 Å². The van der Waals surface area contributed by atoms with Gasteiger partial charge in [0, 0.05) is 5.54 Å². The van der Waals surface area contributed by atoms with Crippen LogP contribution in [0, 0.1) is 0 Å². The molecule has 2 N–H and O–H groups in total. The molecule has 0 aromatic carbocycles. The number of nitrogens with one attached hydrogen (secondary N) is 2. The molecule has 0 radical (unpaired) electrons. The summed E-state index contributed by atoms with van der Waals surface area (Å²) in [6.07, 6.45) is -0.445. The van der Waals surface area contributed by atoms with E-state index in [9.17, 15) is 4.57 Å². The van der Waals surface area contributed by atoms with Crippen LogP contribution in [0.5, 0.6) is 0 Å². The highest BCUT2D eigenvalue weighted by Gasteiger charge is 2.29. The van der Waals surface area contributed by atoms with Gasteiger partial charge in [-0.05, 0) is 60.7 Å². The SMILES string of the molecule is CC(C)OP(=O)(NC(=S)NC(C)(C)C)OC(C)C. The van der Waals surface area contributed by atoms with E-state index in [1.807, 2.05) is 20.8 Å². The lowest BCUT2D eigenvalue weighted by Crippen LogP contribution is -2.45. The molecule has 0 saturated carbocycles. The number of hydrogen-bond donors (Lipinski definition) is 2. The lowest BCUT2D eigenvalue weighted by Gasteiger charge is -2.27. The summed E-state index contributed by atoms with van der Waals surface area (Å²) in [7, 11) is -3.43. The van der Waals surface area contributed by atoms with Crippen LogP contribution >= 0.6 is 20.0 Å². The predicted octanol–water partition coefficient (Wildman–Crippen LogP) is 3.21. The lowest BCUT2D eigenvalue weighted by molar-refractivity contribution is 0.139. The Bertz CT molecular complexity index is 313. The van der Waals surface area contributed by atoms with Crippen LogP contribution in [-0.2, 0) is 13.6 Å². The van der Waals surface area contributed by atoms with Crippen molar-refractivity contribution in [1.29, 1.82) is 0 Å². The van der Waals surface area contributed by atoms with Crippen LogP contribution in [0.15, 0.2) is 0 Å². The smallest absolute Gasteiger partial charge is 0.358 e. The maximum Gasteiger partial charge on any atom is 0.434 e. The van der Waals surface area contributed by atoms with Crippen LogP contribution in [0.2, 0.25) is 0 Å². The first-order chi connectivity index (χ1) is 7.93. The van der Waals surface area contributed by atoms with Crippen LogP contribution in [0.1, 0.15) is 48.5 Å². The van der Waals surface area contributed by atoms with Crippen molar-refractivity contribution >= 4 is 25.1 Å². The minimum Gasteiger partial charge on any atom is -0.358 e. The third kappa shape index (κ3) is 8.86. The molecule has 108 valence electrons. The van der Waals surface area contributed by atoms with Crippen LogP contribution in [0.3, 0.4) is 0 Å². The highest BCUT2D eigenvalue weighted by Crippen LogP contribution is 2.46. The van der Waals surface area contributed by atoms with Crippen LogP contribution in [0.4, 0.5) is 0 Å². The van der Waals surface area contributed by atoms with Crippen LogP contribution < -0.4 is 10.4 Å². The topological polar surface area (TPSA) is 59.6 Å². The zero-order valence-corrected chi connectivity index (χ0v) is 13.9. The number of rotatable bonds is 5. The zero-order chi connectivity index (χ0) is 14.6. The van der Waals surface area contributed by atoms with Gasteiger partial charge in [-0.25, -0.2) is 4.57 Å². The first kappa shape index (κ1) is 17.8. The molecular formula is C11H25N2O3PS. The average molecular weight is 296 g/mol. The predicted molar refractivity (Wildman–Crippen MR) is 78.7 cm³/mol. The first-order valence-electron chi connectivity index (χ1n) is 6.01. The Morgan fingerprint density at radius 1 is 1.11 bits per heavy atom. The van der Waals surface area contributed by atoms with Crippen molar-refractivity contribution in [3.63, 3.8) is 0 Å². The maximum atomic E-state index is 12.4. The fourth-order valence-corrected chi connectivity index (χ4v) is 3.34. The molecule has 5 nitrogen and oxygen atoms in total. The molecule has 0 aliphatic rings. The summed E-state index contributed by atoms with van der Waals surface area (Å²) in [4.78, 5) is 0. The fraction of sp³-hybridized carbons (Fsp3) is 0.909. The molecule has 0 bridgehead atoms. The second kappa shape index (κ2) is 6.85. The van der Waals surface area contributed by atoms with Crippen molar-refractivity contribution in [2.24, 2.45) is 0 Å². The Kier molecular flexibility index (Phi) is 6.79. The molecule has 0 aliphatic carbocycles. The highest BCUT2D eigenvalue weighted by atomic mass is 32.1. The summed E-state index contributed by atoms with van der Waals surface area (Å²) in [5.74, 6) is 0. The second-order valence-corrected chi connectivity index (χ2v) is 7.67. The van der Waals surface area contributed by atoms with Gasteiger partial charge in [0.15, 0.2) is 5.11 Å². The van der Waals surface area contributed by atoms with Crippen molar-refractivity contribution in [2.45, 2.75) is 66.2 Å². The molecule has 0 amide bonds. The van der Waals surface area contributed by atoms with Crippen molar-refractivity contribution in [3.05, 3.63) is 0 Å². The van der Waals surface area contributed by atoms with Gasteiger partial charge in [0.05, 0.1) is 12.2 Å². The van der Waals surface area contributed by atoms with E-state index in [0.717, 1.165) is 0 Å². The van der Waals surface area contributed by atoms with Gasteiger partial charge in [-0.1, -0.05) is 0 Å². The van der Waals surface area contributed by atoms with E-state index < -0.39 is 7.75 Å². The zero-order valence-electron chi connectivity index (χ0n) is 12.2. The molecule has 18 heavy (non-hydrogen) atoms. The lowest BCUT2D eigenvalue weighted by atomic mass is 10.1. The van der Waals surface area contributed by atoms with E-state index in [1.165, 1.54) is 0 Å². The van der Waals surface area contributed by atoms with Crippen LogP contribution in [0.25, 0.3) is 0 Å². The minimum atomic E-state index is -3.43. The number of thiocarbonyl (C=S) groups is 1. The molecule has 0 aromatic heterocycles. The standard InChI is InChI=1S/C11H25N2O3PS/c1-8(2)15-17(14,16-9(3)4)13-10(18)12-11(5,6)7/h8-9H,1-7H3,(H2,12,13,14,18). The van der Waals surface area contributed by atoms with E-state index >= 15 is 0 Å². The molecule has 0 unspecified atom stereocenters. The average Bonchev–Trinajstić information content (AvgIpc) is 1.92. The van der Waals surface area contributed by atoms with Crippen molar-refractivity contribution in [3.8, 4) is 0 Å². The van der Waals surface area contributed by atoms with Gasteiger partial charge in [0.1, 0.15) is 0 Å². The van der Waals surface area contributed by atoms with Gasteiger partial charge in [0.2, 0.25) is 0 Å². The largest absolute Gasteiger partial charge is 0.434 e. The maximum absolute atomic E-state index is 12.4. The van der Waals surface area contributed by atoms with Crippen LogP contribution in [-0.4, -0.2) is 22.9 Å². The van der Waals surface area contributed by atoms with Gasteiger partial charge < -0.3 is 5.32 Å². The Morgan fingerprint density at radius 2 is 1.50 bits per heavy atom. The van der Waals surface area contributed by atoms with Gasteiger partial charge in [-0.3, -0.25) is 14.1 Å². The summed E-state index contributed by atoms with van der Waals surface area (Å²) in [6, 6.07) is 0. The molecular weight excluding hydrogens is 271 g/mol. The van der Waals surface area contributed by atoms with E-state index in [1.54, 1.807) is 27.7 Å². The molecule has 0 aliphatic heterocycles. The number of hydrogen-bond acceptors (Lipinski definition) is 4. The molecule has 0 aromatic rings. The third-order valence-corrected chi connectivity index (χ3v) is 3.68. The first-order valence-corrected chi connectivity index (χ1v) is 7.96. The fourth-order valence-electron chi connectivity index (χ4n) is 1.13. The van der Waals surface area contributed by atoms with E-state index in [2.05, 4.69) is 10.4 Å². The summed E-state index contributed by atoms with van der Waals surface area (Å²) in [6.45, 7) is 13.0. The van der Waals surface area contributed by atoms with Crippen molar-refractivity contribution < 1.29 is 13.6 Å². The van der Waals surface area contributed by atoms with E-state index in [-0.39, 0.29) is 22.9 Å². The molecule has 0 rings (SSSR count). The molecule has 0 atom stereocenters. The Hall–Kier alpha value is -0.160. The molecule has 0 spiro atoms. The summed E-state index contributed by atoms with van der Waals surface area (Å²) < 4.78 is 23.1. The summed E-state index contributed by atoms with van der Waals surface area (Å²) in [5.41, 5.74) is -0.218. The monoisotopic (exact) mass is 296 g/mol. The van der Waals surface area contributed by atoms with Crippen molar-refractivity contribution in [2.75, 3.05) is 0 Å². The van der Waals surface area contributed by atoms with Gasteiger partial charge >= 0.3 is 7.75 Å². The Morgan fingerprint density at radius 3 is 1.78 bits per heavy atom. The quantitative estimate of drug-likeness (QED) is 0.600. The highest BCUT2D eigenvalue weighted by molar-refractivity contribution is 7.81. The Balaban J connectivity index is 4.69. The molecule has 0 heterocycles. The Labute approximate surface area is 116 Å².